The lowest BCUT2D eigenvalue weighted by atomic mass is 10.2. The molecule has 0 saturated heterocycles. The molecular formula is C18H14ClN4O2-. The van der Waals surface area contributed by atoms with Crippen molar-refractivity contribution in [2.45, 2.75) is 6.54 Å². The molecule has 0 aliphatic carbocycles. The number of nitrogens with zero attached hydrogens (tertiary/aromatic N) is 3. The summed E-state index contributed by atoms with van der Waals surface area (Å²) in [6.07, 6.45) is 5.13. The summed E-state index contributed by atoms with van der Waals surface area (Å²) < 4.78 is 1.81. The summed E-state index contributed by atoms with van der Waals surface area (Å²) in [7, 11) is 0. The molecule has 3 rings (SSSR count). The van der Waals surface area contributed by atoms with Crippen LogP contribution in [0.1, 0.15) is 21.5 Å². The molecule has 0 bridgehead atoms. The highest BCUT2D eigenvalue weighted by Crippen LogP contribution is 2.22. The summed E-state index contributed by atoms with van der Waals surface area (Å²) in [4.78, 5) is 10.9. The van der Waals surface area contributed by atoms with Gasteiger partial charge in [0.2, 0.25) is 0 Å². The van der Waals surface area contributed by atoms with E-state index in [0.717, 1.165) is 11.1 Å². The minimum absolute atomic E-state index is 0.0257. The molecular weight excluding hydrogens is 340 g/mol. The monoisotopic (exact) mass is 353 g/mol. The number of aromatic nitrogens is 2. The number of nitrogens with one attached hydrogen (secondary N) is 1. The zero-order chi connectivity index (χ0) is 17.6. The number of aromatic carboxylic acids is 1. The smallest absolute Gasteiger partial charge is 0.0754 e. The second-order valence-electron chi connectivity index (χ2n) is 5.31. The van der Waals surface area contributed by atoms with Crippen molar-refractivity contribution in [3.8, 4) is 0 Å². The number of hydrogen-bond acceptors (Lipinski definition) is 5. The maximum Gasteiger partial charge on any atom is 0.0754 e. The van der Waals surface area contributed by atoms with Crippen LogP contribution in [0.5, 0.6) is 0 Å². The first-order valence-electron chi connectivity index (χ1n) is 7.48. The van der Waals surface area contributed by atoms with Gasteiger partial charge in [-0.3, -0.25) is 10.1 Å². The third kappa shape index (κ3) is 4.45. The Balaban J connectivity index is 1.65. The number of hydrogen-bond donors (Lipinski definition) is 1. The second kappa shape index (κ2) is 7.63. The summed E-state index contributed by atoms with van der Waals surface area (Å²) in [6, 6.07) is 14.2. The highest BCUT2D eigenvalue weighted by atomic mass is 35.5. The molecule has 1 aromatic heterocycles. The van der Waals surface area contributed by atoms with Crippen molar-refractivity contribution in [1.82, 2.24) is 9.78 Å². The number of anilines is 1. The fourth-order valence-electron chi connectivity index (χ4n) is 2.22. The molecule has 1 heterocycles. The SMILES string of the molecule is O=C([O-])c1ccc(Cl)c(N/N=C\c2cnn(Cc3ccccc3)c2)c1. The molecule has 0 saturated carbocycles. The van der Waals surface area contributed by atoms with Gasteiger partial charge < -0.3 is 9.90 Å². The van der Waals surface area contributed by atoms with Crippen LogP contribution in [0.3, 0.4) is 0 Å². The average Bonchev–Trinajstić information content (AvgIpc) is 3.04. The molecule has 6 nitrogen and oxygen atoms in total. The summed E-state index contributed by atoms with van der Waals surface area (Å²) in [5.74, 6) is -1.27. The van der Waals surface area contributed by atoms with Gasteiger partial charge in [-0.05, 0) is 23.3 Å². The molecule has 0 radical (unpaired) electrons. The minimum Gasteiger partial charge on any atom is -0.545 e. The number of carbonyl (C=O) groups is 1. The van der Waals surface area contributed by atoms with E-state index in [1.807, 2.05) is 36.5 Å². The Hall–Kier alpha value is -3.12. The van der Waals surface area contributed by atoms with E-state index in [2.05, 4.69) is 15.6 Å². The molecule has 7 heteroatoms. The van der Waals surface area contributed by atoms with E-state index >= 15 is 0 Å². The summed E-state index contributed by atoms with van der Waals surface area (Å²) in [5, 5.41) is 19.6. The van der Waals surface area contributed by atoms with Crippen molar-refractivity contribution in [3.05, 3.63) is 82.6 Å². The van der Waals surface area contributed by atoms with E-state index in [-0.39, 0.29) is 5.56 Å². The van der Waals surface area contributed by atoms with Gasteiger partial charge in [-0.15, -0.1) is 0 Å². The van der Waals surface area contributed by atoms with Gasteiger partial charge in [0, 0.05) is 11.8 Å². The molecule has 0 amide bonds. The summed E-state index contributed by atoms with van der Waals surface area (Å²) >= 11 is 6.01. The van der Waals surface area contributed by atoms with Gasteiger partial charge in [-0.25, -0.2) is 0 Å². The Morgan fingerprint density at radius 1 is 1.28 bits per heavy atom. The number of carboxylic acid groups (broad SMARTS) is 1. The minimum atomic E-state index is -1.27. The molecule has 126 valence electrons. The maximum absolute atomic E-state index is 10.9. The van der Waals surface area contributed by atoms with E-state index in [1.54, 1.807) is 17.1 Å². The van der Waals surface area contributed by atoms with Gasteiger partial charge in [0.25, 0.3) is 0 Å². The number of carboxylic acids is 1. The van der Waals surface area contributed by atoms with Crippen LogP contribution in [0, 0.1) is 0 Å². The van der Waals surface area contributed by atoms with Gasteiger partial charge in [-0.1, -0.05) is 48.0 Å². The standard InChI is InChI=1S/C18H15ClN4O2/c19-16-7-6-15(18(24)25)8-17(16)22-20-9-14-10-21-23(12-14)11-13-4-2-1-3-5-13/h1-10,12,22H,11H2,(H,24,25)/p-1/b20-9-. The number of hydrazone groups is 1. The van der Waals surface area contributed by atoms with Gasteiger partial charge in [0.15, 0.2) is 0 Å². The van der Waals surface area contributed by atoms with Gasteiger partial charge in [-0.2, -0.15) is 10.2 Å². The van der Waals surface area contributed by atoms with Crippen molar-refractivity contribution < 1.29 is 9.90 Å². The Bertz CT molecular complexity index is 906. The Morgan fingerprint density at radius 3 is 2.84 bits per heavy atom. The van der Waals surface area contributed by atoms with Gasteiger partial charge in [0.05, 0.1) is 35.6 Å². The maximum atomic E-state index is 10.9. The van der Waals surface area contributed by atoms with E-state index in [0.29, 0.717) is 17.3 Å². The lowest BCUT2D eigenvalue weighted by molar-refractivity contribution is -0.255. The first-order chi connectivity index (χ1) is 12.1. The molecule has 0 spiro atoms. The average molecular weight is 354 g/mol. The van der Waals surface area contributed by atoms with Crippen molar-refractivity contribution >= 4 is 29.5 Å². The summed E-state index contributed by atoms with van der Waals surface area (Å²) in [5.41, 5.74) is 5.09. The highest BCUT2D eigenvalue weighted by Gasteiger charge is 2.02. The fraction of sp³-hybridized carbons (Fsp3) is 0.0556. The second-order valence-corrected chi connectivity index (χ2v) is 5.72. The zero-order valence-corrected chi connectivity index (χ0v) is 13.8. The first kappa shape index (κ1) is 16.7. The van der Waals surface area contributed by atoms with Crippen LogP contribution in [0.2, 0.25) is 5.02 Å². The fourth-order valence-corrected chi connectivity index (χ4v) is 2.38. The van der Waals surface area contributed by atoms with E-state index in [9.17, 15) is 9.90 Å². The molecule has 0 aliphatic rings. The van der Waals surface area contributed by atoms with Crippen molar-refractivity contribution in [1.29, 1.82) is 0 Å². The molecule has 0 aliphatic heterocycles. The molecule has 0 unspecified atom stereocenters. The number of halogens is 1. The van der Waals surface area contributed by atoms with Crippen LogP contribution >= 0.6 is 11.6 Å². The van der Waals surface area contributed by atoms with Crippen molar-refractivity contribution in [2.75, 3.05) is 5.43 Å². The molecule has 25 heavy (non-hydrogen) atoms. The summed E-state index contributed by atoms with van der Waals surface area (Å²) in [6.45, 7) is 0.668. The predicted molar refractivity (Wildman–Crippen MR) is 94.8 cm³/mol. The highest BCUT2D eigenvalue weighted by molar-refractivity contribution is 6.33. The first-order valence-corrected chi connectivity index (χ1v) is 7.86. The van der Waals surface area contributed by atoms with Crippen LogP contribution in [0.15, 0.2) is 66.0 Å². The van der Waals surface area contributed by atoms with Crippen LogP contribution < -0.4 is 10.5 Å². The molecule has 0 fully saturated rings. The topological polar surface area (TPSA) is 82.3 Å². The molecule has 1 N–H and O–H groups in total. The van der Waals surface area contributed by atoms with Crippen LogP contribution in [0.4, 0.5) is 5.69 Å². The Morgan fingerprint density at radius 2 is 2.08 bits per heavy atom. The molecule has 2 aromatic carbocycles. The van der Waals surface area contributed by atoms with Gasteiger partial charge >= 0.3 is 0 Å². The predicted octanol–water partition coefficient (Wildman–Crippen LogP) is 2.39. The Kier molecular flexibility index (Phi) is 5.11. The number of rotatable bonds is 6. The molecule has 0 atom stereocenters. The van der Waals surface area contributed by atoms with Crippen LogP contribution in [-0.4, -0.2) is 22.0 Å². The molecule has 3 aromatic rings. The third-order valence-electron chi connectivity index (χ3n) is 3.44. The van der Waals surface area contributed by atoms with Gasteiger partial charge in [0.1, 0.15) is 0 Å². The Labute approximate surface area is 149 Å². The normalized spacial score (nSPS) is 10.9. The van der Waals surface area contributed by atoms with E-state index in [1.165, 1.54) is 18.2 Å². The zero-order valence-electron chi connectivity index (χ0n) is 13.1. The number of benzene rings is 2. The van der Waals surface area contributed by atoms with E-state index < -0.39 is 5.97 Å². The lowest BCUT2D eigenvalue weighted by Gasteiger charge is -2.07. The van der Waals surface area contributed by atoms with Crippen molar-refractivity contribution in [3.63, 3.8) is 0 Å². The largest absolute Gasteiger partial charge is 0.545 e. The quantitative estimate of drug-likeness (QED) is 0.545. The van der Waals surface area contributed by atoms with E-state index in [4.69, 9.17) is 11.6 Å². The number of carbonyl (C=O) groups excluding carboxylic acids is 1. The van der Waals surface area contributed by atoms with Crippen molar-refractivity contribution in [2.24, 2.45) is 5.10 Å². The third-order valence-corrected chi connectivity index (χ3v) is 3.77. The lowest BCUT2D eigenvalue weighted by Crippen LogP contribution is -2.22. The van der Waals surface area contributed by atoms with Crippen LogP contribution in [0.25, 0.3) is 0 Å². The van der Waals surface area contributed by atoms with Crippen LogP contribution in [-0.2, 0) is 6.54 Å².